The highest BCUT2D eigenvalue weighted by atomic mass is 32.2. The first-order valence-electron chi connectivity index (χ1n) is 4.43. The van der Waals surface area contributed by atoms with Gasteiger partial charge in [0.15, 0.2) is 9.84 Å². The minimum atomic E-state index is -3.21. The Bertz CT molecular complexity index is 449. The van der Waals surface area contributed by atoms with Crippen LogP contribution in [-0.4, -0.2) is 19.2 Å². The third kappa shape index (κ3) is 4.40. The smallest absolute Gasteiger partial charge is 0.160 e. The van der Waals surface area contributed by atoms with Crippen molar-refractivity contribution in [3.05, 3.63) is 35.4 Å². The van der Waals surface area contributed by atoms with E-state index in [9.17, 15) is 8.42 Å². The number of thiocarbonyl (C=S) groups is 1. The molecule has 1 aromatic rings. The largest absolute Gasteiger partial charge is 0.392 e. The SMILES string of the molecule is Cc1ccc(CS(=O)(=O)CC(N)=S)cc1. The summed E-state index contributed by atoms with van der Waals surface area (Å²) < 4.78 is 23.1. The summed E-state index contributed by atoms with van der Waals surface area (Å²) in [5, 5.41) is 0. The molecule has 0 radical (unpaired) electrons. The molecule has 0 heterocycles. The van der Waals surface area contributed by atoms with Gasteiger partial charge >= 0.3 is 0 Å². The summed E-state index contributed by atoms with van der Waals surface area (Å²) in [6, 6.07) is 7.36. The third-order valence-corrected chi connectivity index (χ3v) is 3.72. The molecule has 0 atom stereocenters. The monoisotopic (exact) mass is 243 g/mol. The van der Waals surface area contributed by atoms with Gasteiger partial charge in [-0.25, -0.2) is 8.42 Å². The number of aryl methyl sites for hydroxylation is 1. The molecule has 3 nitrogen and oxygen atoms in total. The first-order chi connectivity index (χ1) is 6.89. The van der Waals surface area contributed by atoms with Gasteiger partial charge in [-0.05, 0) is 12.5 Å². The molecule has 1 aromatic carbocycles. The van der Waals surface area contributed by atoms with Crippen molar-refractivity contribution in [2.45, 2.75) is 12.7 Å². The van der Waals surface area contributed by atoms with Gasteiger partial charge in [0.25, 0.3) is 0 Å². The minimum Gasteiger partial charge on any atom is -0.392 e. The standard InChI is InChI=1S/C10H13NO2S2/c1-8-2-4-9(5-3-8)6-15(12,13)7-10(11)14/h2-5H,6-7H2,1H3,(H2,11,14). The van der Waals surface area contributed by atoms with Crippen LogP contribution in [0.3, 0.4) is 0 Å². The molecule has 0 unspecified atom stereocenters. The van der Waals surface area contributed by atoms with Crippen molar-refractivity contribution in [3.8, 4) is 0 Å². The molecule has 82 valence electrons. The zero-order valence-corrected chi connectivity index (χ0v) is 10.1. The Morgan fingerprint density at radius 1 is 1.33 bits per heavy atom. The second-order valence-corrected chi connectivity index (χ2v) is 6.07. The summed E-state index contributed by atoms with van der Waals surface area (Å²) in [6.07, 6.45) is 0. The molecule has 0 aliphatic rings. The number of nitrogens with two attached hydrogens (primary N) is 1. The van der Waals surface area contributed by atoms with Crippen molar-refractivity contribution >= 4 is 27.0 Å². The molecule has 2 N–H and O–H groups in total. The number of sulfone groups is 1. The molecule has 0 saturated carbocycles. The Labute approximate surface area is 95.2 Å². The molecular weight excluding hydrogens is 230 g/mol. The summed E-state index contributed by atoms with van der Waals surface area (Å²) >= 11 is 4.58. The zero-order chi connectivity index (χ0) is 11.5. The second-order valence-electron chi connectivity index (χ2n) is 3.48. The van der Waals surface area contributed by atoms with Crippen LogP contribution in [0.5, 0.6) is 0 Å². The normalized spacial score (nSPS) is 11.3. The van der Waals surface area contributed by atoms with Crippen molar-refractivity contribution in [3.63, 3.8) is 0 Å². The van der Waals surface area contributed by atoms with Crippen LogP contribution in [-0.2, 0) is 15.6 Å². The molecule has 0 aromatic heterocycles. The van der Waals surface area contributed by atoms with E-state index in [4.69, 9.17) is 5.73 Å². The van der Waals surface area contributed by atoms with Gasteiger partial charge < -0.3 is 5.73 Å². The number of benzene rings is 1. The number of rotatable bonds is 4. The topological polar surface area (TPSA) is 60.2 Å². The van der Waals surface area contributed by atoms with E-state index in [1.54, 1.807) is 12.1 Å². The lowest BCUT2D eigenvalue weighted by Gasteiger charge is -2.03. The van der Waals surface area contributed by atoms with Gasteiger partial charge in [-0.15, -0.1) is 0 Å². The van der Waals surface area contributed by atoms with E-state index in [1.807, 2.05) is 19.1 Å². The molecule has 0 aliphatic heterocycles. The molecule has 0 saturated heterocycles. The predicted molar refractivity (Wildman–Crippen MR) is 65.5 cm³/mol. The van der Waals surface area contributed by atoms with Crippen LogP contribution >= 0.6 is 12.2 Å². The van der Waals surface area contributed by atoms with Gasteiger partial charge in [-0.3, -0.25) is 0 Å². The van der Waals surface area contributed by atoms with Crippen LogP contribution in [0.2, 0.25) is 0 Å². The summed E-state index contributed by atoms with van der Waals surface area (Å²) in [5.41, 5.74) is 7.07. The van der Waals surface area contributed by atoms with Gasteiger partial charge in [-0.2, -0.15) is 0 Å². The Balaban J connectivity index is 2.78. The van der Waals surface area contributed by atoms with E-state index in [0.29, 0.717) is 0 Å². The Hall–Kier alpha value is -0.940. The second kappa shape index (κ2) is 4.72. The molecule has 1 rings (SSSR count). The minimum absolute atomic E-state index is 0.00931. The predicted octanol–water partition coefficient (Wildman–Crippen LogP) is 1.20. The van der Waals surface area contributed by atoms with Gasteiger partial charge in [0.05, 0.1) is 10.7 Å². The van der Waals surface area contributed by atoms with Crippen molar-refractivity contribution in [2.75, 3.05) is 5.75 Å². The van der Waals surface area contributed by atoms with Crippen molar-refractivity contribution in [1.29, 1.82) is 0 Å². The number of hydrogen-bond acceptors (Lipinski definition) is 3. The average Bonchev–Trinajstić information content (AvgIpc) is 2.06. The van der Waals surface area contributed by atoms with E-state index in [2.05, 4.69) is 12.2 Å². The maximum atomic E-state index is 11.5. The molecule has 0 spiro atoms. The van der Waals surface area contributed by atoms with Crippen molar-refractivity contribution < 1.29 is 8.42 Å². The molecule has 5 heteroatoms. The third-order valence-electron chi connectivity index (χ3n) is 1.87. The summed E-state index contributed by atoms with van der Waals surface area (Å²) in [6.45, 7) is 1.95. The Kier molecular flexibility index (Phi) is 3.82. The lowest BCUT2D eigenvalue weighted by Crippen LogP contribution is -2.22. The maximum absolute atomic E-state index is 11.5. The Morgan fingerprint density at radius 3 is 2.33 bits per heavy atom. The van der Waals surface area contributed by atoms with Crippen LogP contribution in [0.15, 0.2) is 24.3 Å². The highest BCUT2D eigenvalue weighted by Crippen LogP contribution is 2.08. The van der Waals surface area contributed by atoms with Crippen LogP contribution in [0.1, 0.15) is 11.1 Å². The molecule has 15 heavy (non-hydrogen) atoms. The lowest BCUT2D eigenvalue weighted by atomic mass is 10.2. The van der Waals surface area contributed by atoms with Gasteiger partial charge in [0.1, 0.15) is 5.75 Å². The van der Waals surface area contributed by atoms with Gasteiger partial charge in [0, 0.05) is 0 Å². The van der Waals surface area contributed by atoms with E-state index in [-0.39, 0.29) is 16.5 Å². The van der Waals surface area contributed by atoms with Gasteiger partial charge in [0.2, 0.25) is 0 Å². The van der Waals surface area contributed by atoms with Crippen LogP contribution in [0, 0.1) is 6.92 Å². The molecule has 0 fully saturated rings. The Morgan fingerprint density at radius 2 is 1.87 bits per heavy atom. The number of hydrogen-bond donors (Lipinski definition) is 1. The fourth-order valence-electron chi connectivity index (χ4n) is 1.21. The van der Waals surface area contributed by atoms with E-state index >= 15 is 0 Å². The lowest BCUT2D eigenvalue weighted by molar-refractivity contribution is 0.599. The van der Waals surface area contributed by atoms with E-state index < -0.39 is 9.84 Å². The molecular formula is C10H13NO2S2. The average molecular weight is 243 g/mol. The van der Waals surface area contributed by atoms with Crippen LogP contribution in [0.4, 0.5) is 0 Å². The summed E-state index contributed by atoms with van der Waals surface area (Å²) in [5.74, 6) is -0.235. The van der Waals surface area contributed by atoms with Crippen molar-refractivity contribution in [1.82, 2.24) is 0 Å². The fourth-order valence-corrected chi connectivity index (χ4v) is 2.98. The summed E-state index contributed by atoms with van der Waals surface area (Å²) in [4.78, 5) is 0.0158. The van der Waals surface area contributed by atoms with Gasteiger partial charge in [-0.1, -0.05) is 42.0 Å². The van der Waals surface area contributed by atoms with Crippen LogP contribution < -0.4 is 5.73 Å². The fraction of sp³-hybridized carbons (Fsp3) is 0.300. The first kappa shape index (κ1) is 12.1. The van der Waals surface area contributed by atoms with E-state index in [1.165, 1.54) is 0 Å². The summed E-state index contributed by atoms with van der Waals surface area (Å²) in [7, 11) is -3.21. The quantitative estimate of drug-likeness (QED) is 0.807. The first-order valence-corrected chi connectivity index (χ1v) is 6.66. The highest BCUT2D eigenvalue weighted by Gasteiger charge is 2.12. The maximum Gasteiger partial charge on any atom is 0.160 e. The van der Waals surface area contributed by atoms with E-state index in [0.717, 1.165) is 11.1 Å². The molecule has 0 amide bonds. The molecule has 0 bridgehead atoms. The molecule has 0 aliphatic carbocycles. The van der Waals surface area contributed by atoms with Crippen molar-refractivity contribution in [2.24, 2.45) is 5.73 Å². The highest BCUT2D eigenvalue weighted by molar-refractivity contribution is 7.93. The van der Waals surface area contributed by atoms with Crippen LogP contribution in [0.25, 0.3) is 0 Å². The zero-order valence-electron chi connectivity index (χ0n) is 8.43.